The van der Waals surface area contributed by atoms with Crippen LogP contribution in [0.4, 0.5) is 0 Å². The number of hydrogen-bond acceptors (Lipinski definition) is 4. The molecule has 1 unspecified atom stereocenters. The van der Waals surface area contributed by atoms with Crippen LogP contribution in [0.1, 0.15) is 29.0 Å². The van der Waals surface area contributed by atoms with Crippen LogP contribution < -0.4 is 4.74 Å². The van der Waals surface area contributed by atoms with Gasteiger partial charge in [-0.3, -0.25) is 4.79 Å². The molecule has 1 heterocycles. The first kappa shape index (κ1) is 12.5. The average Bonchev–Trinajstić information content (AvgIpc) is 2.41. The van der Waals surface area contributed by atoms with E-state index in [0.29, 0.717) is 11.3 Å². The number of carbonyl (C=O) groups excluding carboxylic acids is 1. The zero-order valence-corrected chi connectivity index (χ0v) is 11.0. The van der Waals surface area contributed by atoms with Gasteiger partial charge >= 0.3 is 5.97 Å². The molecule has 1 aliphatic heterocycles. The molecule has 4 heteroatoms. The zero-order valence-electron chi connectivity index (χ0n) is 11.0. The number of rotatable bonds is 1. The van der Waals surface area contributed by atoms with Crippen molar-refractivity contribution in [1.82, 2.24) is 0 Å². The van der Waals surface area contributed by atoms with Gasteiger partial charge in [0, 0.05) is 11.5 Å². The highest BCUT2D eigenvalue weighted by Crippen LogP contribution is 2.43. The molecule has 0 aliphatic carbocycles. The van der Waals surface area contributed by atoms with Crippen LogP contribution >= 0.6 is 0 Å². The Kier molecular flexibility index (Phi) is 2.86. The van der Waals surface area contributed by atoms with Gasteiger partial charge in [0.1, 0.15) is 17.2 Å². The van der Waals surface area contributed by atoms with Crippen LogP contribution in [0, 0.1) is 6.92 Å². The molecule has 2 aromatic carbocycles. The minimum absolute atomic E-state index is 0.116. The van der Waals surface area contributed by atoms with Gasteiger partial charge < -0.3 is 14.9 Å². The van der Waals surface area contributed by atoms with Crippen molar-refractivity contribution in [1.29, 1.82) is 0 Å². The van der Waals surface area contributed by atoms with E-state index in [9.17, 15) is 15.0 Å². The lowest BCUT2D eigenvalue weighted by Crippen LogP contribution is -2.21. The van der Waals surface area contributed by atoms with E-state index < -0.39 is 0 Å². The van der Waals surface area contributed by atoms with Crippen molar-refractivity contribution in [2.75, 3.05) is 0 Å². The fourth-order valence-electron chi connectivity index (χ4n) is 2.58. The second kappa shape index (κ2) is 4.56. The molecule has 0 spiro atoms. The smallest absolute Gasteiger partial charge is 0.312 e. The number of ether oxygens (including phenoxy) is 1. The first-order valence-corrected chi connectivity index (χ1v) is 6.38. The van der Waals surface area contributed by atoms with E-state index in [2.05, 4.69) is 0 Å². The quantitative estimate of drug-likeness (QED) is 0.617. The van der Waals surface area contributed by atoms with Crippen molar-refractivity contribution in [3.05, 3.63) is 53.1 Å². The zero-order chi connectivity index (χ0) is 14.3. The Morgan fingerprint density at radius 1 is 1.15 bits per heavy atom. The van der Waals surface area contributed by atoms with Gasteiger partial charge in [0.05, 0.1) is 6.42 Å². The second-order valence-corrected chi connectivity index (χ2v) is 4.97. The Labute approximate surface area is 116 Å². The SMILES string of the molecule is Cc1cc(C2CC(=O)Oc3cccc(O)c32)ccc1O. The number of benzene rings is 2. The van der Waals surface area contributed by atoms with E-state index in [1.807, 2.05) is 6.07 Å². The molecule has 20 heavy (non-hydrogen) atoms. The molecule has 0 amide bonds. The Balaban J connectivity index is 2.15. The van der Waals surface area contributed by atoms with Crippen molar-refractivity contribution in [2.24, 2.45) is 0 Å². The van der Waals surface area contributed by atoms with Crippen LogP contribution in [0.5, 0.6) is 17.2 Å². The van der Waals surface area contributed by atoms with Crippen molar-refractivity contribution in [3.8, 4) is 17.2 Å². The summed E-state index contributed by atoms with van der Waals surface area (Å²) in [7, 11) is 0. The van der Waals surface area contributed by atoms with E-state index in [4.69, 9.17) is 4.74 Å². The molecular formula is C16H14O4. The molecule has 4 nitrogen and oxygen atoms in total. The minimum Gasteiger partial charge on any atom is -0.508 e. The summed E-state index contributed by atoms with van der Waals surface area (Å²) in [6.45, 7) is 1.80. The summed E-state index contributed by atoms with van der Waals surface area (Å²) in [5.41, 5.74) is 2.23. The maximum atomic E-state index is 11.7. The molecule has 102 valence electrons. The van der Waals surface area contributed by atoms with Gasteiger partial charge in [-0.25, -0.2) is 0 Å². The molecule has 0 saturated carbocycles. The van der Waals surface area contributed by atoms with Gasteiger partial charge in [0.15, 0.2) is 0 Å². The lowest BCUT2D eigenvalue weighted by molar-refractivity contribution is -0.135. The first-order chi connectivity index (χ1) is 9.56. The maximum Gasteiger partial charge on any atom is 0.312 e. The Bertz CT molecular complexity index is 691. The molecule has 2 aromatic rings. The van der Waals surface area contributed by atoms with Crippen LogP contribution in [-0.4, -0.2) is 16.2 Å². The summed E-state index contributed by atoms with van der Waals surface area (Å²) in [5.74, 6) is 0.151. The van der Waals surface area contributed by atoms with Crippen LogP contribution in [0.2, 0.25) is 0 Å². The van der Waals surface area contributed by atoms with Gasteiger partial charge in [0.25, 0.3) is 0 Å². The van der Waals surface area contributed by atoms with Gasteiger partial charge in [-0.05, 0) is 36.2 Å². The maximum absolute atomic E-state index is 11.7. The summed E-state index contributed by atoms with van der Waals surface area (Å²) < 4.78 is 5.17. The molecule has 0 fully saturated rings. The number of carbonyl (C=O) groups is 1. The summed E-state index contributed by atoms with van der Waals surface area (Å²) >= 11 is 0. The monoisotopic (exact) mass is 270 g/mol. The first-order valence-electron chi connectivity index (χ1n) is 6.38. The van der Waals surface area contributed by atoms with E-state index in [1.54, 1.807) is 37.3 Å². The predicted molar refractivity (Wildman–Crippen MR) is 73.0 cm³/mol. The van der Waals surface area contributed by atoms with E-state index >= 15 is 0 Å². The third-order valence-corrected chi connectivity index (χ3v) is 3.61. The van der Waals surface area contributed by atoms with Crippen molar-refractivity contribution in [2.45, 2.75) is 19.3 Å². The van der Waals surface area contributed by atoms with Crippen LogP contribution in [0.25, 0.3) is 0 Å². The van der Waals surface area contributed by atoms with Crippen LogP contribution in [-0.2, 0) is 4.79 Å². The molecule has 0 saturated heterocycles. The Hall–Kier alpha value is -2.49. The molecule has 0 radical (unpaired) electrons. The fourth-order valence-corrected chi connectivity index (χ4v) is 2.58. The van der Waals surface area contributed by atoms with Crippen molar-refractivity contribution >= 4 is 5.97 Å². The molecule has 1 aliphatic rings. The molecule has 0 aromatic heterocycles. The third kappa shape index (κ3) is 1.99. The van der Waals surface area contributed by atoms with E-state index in [1.165, 1.54) is 0 Å². The molecular weight excluding hydrogens is 256 g/mol. The lowest BCUT2D eigenvalue weighted by atomic mass is 9.85. The Morgan fingerprint density at radius 3 is 2.70 bits per heavy atom. The molecule has 0 bridgehead atoms. The van der Waals surface area contributed by atoms with E-state index in [0.717, 1.165) is 11.1 Å². The van der Waals surface area contributed by atoms with Gasteiger partial charge in [0.2, 0.25) is 0 Å². The largest absolute Gasteiger partial charge is 0.508 e. The number of aromatic hydroxyl groups is 2. The highest BCUT2D eigenvalue weighted by atomic mass is 16.5. The number of esters is 1. The number of phenols is 2. The topological polar surface area (TPSA) is 66.8 Å². The third-order valence-electron chi connectivity index (χ3n) is 3.61. The molecule has 1 atom stereocenters. The van der Waals surface area contributed by atoms with Crippen LogP contribution in [0.15, 0.2) is 36.4 Å². The van der Waals surface area contributed by atoms with Gasteiger partial charge in [-0.2, -0.15) is 0 Å². The summed E-state index contributed by atoms with van der Waals surface area (Å²) in [6, 6.07) is 10.1. The average molecular weight is 270 g/mol. The standard InChI is InChI=1S/C16H14O4/c1-9-7-10(5-6-12(9)17)11-8-15(19)20-14-4-2-3-13(18)16(11)14/h2-7,11,17-18H,8H2,1H3. The Morgan fingerprint density at radius 2 is 1.95 bits per heavy atom. The van der Waals surface area contributed by atoms with Crippen molar-refractivity contribution < 1.29 is 19.7 Å². The predicted octanol–water partition coefficient (Wildman–Crippen LogP) is 2.85. The summed E-state index contributed by atoms with van der Waals surface area (Å²) in [6.07, 6.45) is 0.175. The number of phenolic OH excluding ortho intramolecular Hbond substituents is 2. The summed E-state index contributed by atoms with van der Waals surface area (Å²) in [5, 5.41) is 19.7. The summed E-state index contributed by atoms with van der Waals surface area (Å²) in [4.78, 5) is 11.7. The lowest BCUT2D eigenvalue weighted by Gasteiger charge is -2.25. The minimum atomic E-state index is -0.321. The van der Waals surface area contributed by atoms with Gasteiger partial charge in [-0.15, -0.1) is 0 Å². The van der Waals surface area contributed by atoms with E-state index in [-0.39, 0.29) is 29.8 Å². The fraction of sp³-hybridized carbons (Fsp3) is 0.188. The van der Waals surface area contributed by atoms with Crippen molar-refractivity contribution in [3.63, 3.8) is 0 Å². The number of hydrogen-bond donors (Lipinski definition) is 2. The second-order valence-electron chi connectivity index (χ2n) is 4.97. The molecule has 3 rings (SSSR count). The van der Waals surface area contributed by atoms with Crippen LogP contribution in [0.3, 0.4) is 0 Å². The highest BCUT2D eigenvalue weighted by Gasteiger charge is 2.31. The highest BCUT2D eigenvalue weighted by molar-refractivity contribution is 5.78. The number of fused-ring (bicyclic) bond motifs is 1. The van der Waals surface area contributed by atoms with Gasteiger partial charge in [-0.1, -0.05) is 18.2 Å². The number of aryl methyl sites for hydroxylation is 1. The molecule has 2 N–H and O–H groups in total. The normalized spacial score (nSPS) is 17.4.